The van der Waals surface area contributed by atoms with E-state index < -0.39 is 0 Å². The Hall–Kier alpha value is -2.52. The Labute approximate surface area is 161 Å². The van der Waals surface area contributed by atoms with E-state index in [0.29, 0.717) is 31.1 Å². The van der Waals surface area contributed by atoms with Crippen LogP contribution in [0.2, 0.25) is 0 Å². The number of hydrogen-bond donors (Lipinski definition) is 0. The van der Waals surface area contributed by atoms with E-state index in [1.54, 1.807) is 17.5 Å². The molecule has 27 heavy (non-hydrogen) atoms. The molecule has 4 heterocycles. The highest BCUT2D eigenvalue weighted by Crippen LogP contribution is 2.24. The molecule has 0 radical (unpaired) electrons. The van der Waals surface area contributed by atoms with E-state index >= 15 is 0 Å². The molecule has 1 amide bonds. The number of carbonyl (C=O) groups is 1. The Morgan fingerprint density at radius 1 is 1.37 bits per heavy atom. The number of hydrogen-bond acceptors (Lipinski definition) is 7. The fourth-order valence-electron chi connectivity index (χ4n) is 3.31. The summed E-state index contributed by atoms with van der Waals surface area (Å²) in [5.41, 5.74) is 0. The van der Waals surface area contributed by atoms with Crippen LogP contribution in [0, 0.1) is 0 Å². The number of likely N-dealkylation sites (N-methyl/N-ethyl adjacent to an activating group) is 1. The minimum atomic E-state index is 0.108. The molecule has 0 aliphatic carbocycles. The molecule has 0 spiro atoms. The fraction of sp³-hybridized carbons (Fsp3) is 0.444. The van der Waals surface area contributed by atoms with Crippen LogP contribution in [0.4, 0.5) is 0 Å². The van der Waals surface area contributed by atoms with Gasteiger partial charge in [-0.25, -0.2) is 4.98 Å². The van der Waals surface area contributed by atoms with Crippen molar-refractivity contribution < 1.29 is 9.32 Å². The van der Waals surface area contributed by atoms with Gasteiger partial charge in [0.05, 0.1) is 10.9 Å². The number of nitrogens with zero attached hydrogens (tertiary/aromatic N) is 6. The van der Waals surface area contributed by atoms with Gasteiger partial charge < -0.3 is 14.0 Å². The topological polar surface area (TPSA) is 80.3 Å². The van der Waals surface area contributed by atoms with Gasteiger partial charge in [0.2, 0.25) is 17.6 Å². The maximum absolute atomic E-state index is 12.7. The van der Waals surface area contributed by atoms with Gasteiger partial charge in [-0.05, 0) is 18.5 Å². The number of thiophene rings is 1. The lowest BCUT2D eigenvalue weighted by molar-refractivity contribution is -0.134. The predicted octanol–water partition coefficient (Wildman–Crippen LogP) is 1.98. The number of aromatic nitrogens is 4. The summed E-state index contributed by atoms with van der Waals surface area (Å²) in [6.45, 7) is 2.19. The summed E-state index contributed by atoms with van der Waals surface area (Å²) >= 11 is 1.56. The van der Waals surface area contributed by atoms with Gasteiger partial charge in [-0.2, -0.15) is 4.98 Å². The van der Waals surface area contributed by atoms with Crippen LogP contribution in [0.25, 0.3) is 10.7 Å². The molecule has 3 aromatic rings. The Morgan fingerprint density at radius 2 is 2.26 bits per heavy atom. The van der Waals surface area contributed by atoms with Gasteiger partial charge in [-0.1, -0.05) is 11.2 Å². The third-order valence-corrected chi connectivity index (χ3v) is 5.79. The van der Waals surface area contributed by atoms with Crippen molar-refractivity contribution in [2.24, 2.45) is 7.05 Å². The van der Waals surface area contributed by atoms with Crippen molar-refractivity contribution in [3.05, 3.63) is 41.6 Å². The first-order valence-electron chi connectivity index (χ1n) is 8.93. The number of carbonyl (C=O) groups excluding carboxylic acids is 1. The molecule has 0 bridgehead atoms. The maximum Gasteiger partial charge on any atom is 0.227 e. The summed E-state index contributed by atoms with van der Waals surface area (Å²) < 4.78 is 7.31. The summed E-state index contributed by atoms with van der Waals surface area (Å²) in [7, 11) is 4.06. The van der Waals surface area contributed by atoms with Gasteiger partial charge in [-0.15, -0.1) is 11.3 Å². The van der Waals surface area contributed by atoms with E-state index in [1.807, 2.05) is 40.2 Å². The van der Waals surface area contributed by atoms with Crippen molar-refractivity contribution in [1.82, 2.24) is 29.5 Å². The van der Waals surface area contributed by atoms with E-state index in [4.69, 9.17) is 4.52 Å². The zero-order chi connectivity index (χ0) is 18.8. The molecule has 4 rings (SSSR count). The van der Waals surface area contributed by atoms with Gasteiger partial charge in [0.25, 0.3) is 0 Å². The van der Waals surface area contributed by atoms with Crippen LogP contribution in [0.5, 0.6) is 0 Å². The van der Waals surface area contributed by atoms with Crippen LogP contribution < -0.4 is 0 Å². The van der Waals surface area contributed by atoms with Crippen LogP contribution in [-0.4, -0.2) is 62.1 Å². The lowest BCUT2D eigenvalue weighted by Gasteiger charge is -2.39. The third kappa shape index (κ3) is 3.79. The lowest BCUT2D eigenvalue weighted by atomic mass is 10.1. The Morgan fingerprint density at radius 3 is 3.00 bits per heavy atom. The minimum Gasteiger partial charge on any atom is -0.339 e. The first-order chi connectivity index (χ1) is 13.1. The van der Waals surface area contributed by atoms with Crippen LogP contribution in [0.3, 0.4) is 0 Å². The molecule has 1 saturated heterocycles. The van der Waals surface area contributed by atoms with Crippen LogP contribution in [0.1, 0.15) is 24.2 Å². The molecule has 0 N–H and O–H groups in total. The van der Waals surface area contributed by atoms with Gasteiger partial charge in [-0.3, -0.25) is 9.69 Å². The van der Waals surface area contributed by atoms with Crippen molar-refractivity contribution in [3.63, 3.8) is 0 Å². The molecule has 8 nitrogen and oxygen atoms in total. The molecule has 1 aliphatic heterocycles. The molecule has 3 aromatic heterocycles. The Balaban J connectivity index is 1.36. The zero-order valence-electron chi connectivity index (χ0n) is 15.4. The van der Waals surface area contributed by atoms with Gasteiger partial charge in [0, 0.05) is 51.9 Å². The first-order valence-corrected chi connectivity index (χ1v) is 9.81. The van der Waals surface area contributed by atoms with E-state index in [2.05, 4.69) is 27.1 Å². The van der Waals surface area contributed by atoms with Gasteiger partial charge in [0.1, 0.15) is 5.82 Å². The highest BCUT2D eigenvalue weighted by Gasteiger charge is 2.30. The third-order valence-electron chi connectivity index (χ3n) is 4.92. The normalized spacial score (nSPS) is 18.1. The summed E-state index contributed by atoms with van der Waals surface area (Å²) in [4.78, 5) is 26.7. The number of aryl methyl sites for hydroxylation is 2. The summed E-state index contributed by atoms with van der Waals surface area (Å²) in [6.07, 6.45) is 4.55. The molecule has 142 valence electrons. The molecular weight excluding hydrogens is 364 g/mol. The molecule has 9 heteroatoms. The molecule has 1 atom stereocenters. The Kier molecular flexibility index (Phi) is 5.04. The van der Waals surface area contributed by atoms with Crippen LogP contribution >= 0.6 is 11.3 Å². The highest BCUT2D eigenvalue weighted by molar-refractivity contribution is 7.13. The van der Waals surface area contributed by atoms with Gasteiger partial charge in [0.15, 0.2) is 0 Å². The zero-order valence-corrected chi connectivity index (χ0v) is 16.2. The lowest BCUT2D eigenvalue weighted by Crippen LogP contribution is -2.49. The molecule has 1 unspecified atom stereocenters. The molecule has 0 aromatic carbocycles. The fourth-order valence-corrected chi connectivity index (χ4v) is 3.96. The second-order valence-corrected chi connectivity index (χ2v) is 7.67. The van der Waals surface area contributed by atoms with E-state index in [0.717, 1.165) is 23.8 Å². The minimum absolute atomic E-state index is 0.108. The maximum atomic E-state index is 12.7. The second kappa shape index (κ2) is 7.61. The van der Waals surface area contributed by atoms with Gasteiger partial charge >= 0.3 is 0 Å². The number of imidazole rings is 1. The van der Waals surface area contributed by atoms with Crippen molar-refractivity contribution in [3.8, 4) is 10.7 Å². The van der Waals surface area contributed by atoms with Crippen molar-refractivity contribution in [2.75, 3.05) is 26.7 Å². The molecule has 1 fully saturated rings. The average molecular weight is 386 g/mol. The summed E-state index contributed by atoms with van der Waals surface area (Å²) in [5, 5.41) is 5.97. The molecule has 0 saturated carbocycles. The van der Waals surface area contributed by atoms with E-state index in [1.165, 1.54) is 0 Å². The summed E-state index contributed by atoms with van der Waals surface area (Å²) in [5.74, 6) is 2.18. The predicted molar refractivity (Wildman–Crippen MR) is 101 cm³/mol. The van der Waals surface area contributed by atoms with Crippen molar-refractivity contribution in [1.29, 1.82) is 0 Å². The van der Waals surface area contributed by atoms with Crippen LogP contribution in [0.15, 0.2) is 34.4 Å². The number of piperazine rings is 1. The largest absolute Gasteiger partial charge is 0.339 e. The SMILES string of the molecule is CN1CCN(C(=O)CCc2nc(-c3cccs3)no2)CC1c1nccn1C. The Bertz CT molecular complexity index is 903. The van der Waals surface area contributed by atoms with Crippen molar-refractivity contribution >= 4 is 17.2 Å². The highest BCUT2D eigenvalue weighted by atomic mass is 32.1. The number of rotatable bonds is 5. The van der Waals surface area contributed by atoms with E-state index in [9.17, 15) is 4.79 Å². The number of amides is 1. The smallest absolute Gasteiger partial charge is 0.227 e. The van der Waals surface area contributed by atoms with Crippen LogP contribution in [-0.2, 0) is 18.3 Å². The average Bonchev–Trinajstić information content (AvgIpc) is 3.41. The monoisotopic (exact) mass is 386 g/mol. The first kappa shape index (κ1) is 17.9. The van der Waals surface area contributed by atoms with Crippen molar-refractivity contribution in [2.45, 2.75) is 18.9 Å². The quantitative estimate of drug-likeness (QED) is 0.667. The molecular formula is C18H22N6O2S. The van der Waals surface area contributed by atoms with E-state index in [-0.39, 0.29) is 11.9 Å². The summed E-state index contributed by atoms with van der Waals surface area (Å²) in [6, 6.07) is 4.01. The second-order valence-electron chi connectivity index (χ2n) is 6.72. The standard InChI is InChI=1S/C18H22N6O2S/c1-22-9-10-24(12-13(22)18-19-7-8-23(18)2)16(25)6-5-15-20-17(21-26-15)14-4-3-11-27-14/h3-4,7-8,11,13H,5-6,9-10,12H2,1-2H3. The molecule has 1 aliphatic rings.